The molecule has 0 spiro atoms. The fraction of sp³-hybridized carbons (Fsp3) is 0.769. The highest BCUT2D eigenvalue weighted by atomic mass is 16.3. The van der Waals surface area contributed by atoms with Gasteiger partial charge in [-0.1, -0.05) is 0 Å². The molecule has 7 heteroatoms. The molecule has 0 fully saturated rings. The van der Waals surface area contributed by atoms with Crippen molar-refractivity contribution in [2.24, 2.45) is 0 Å². The number of anilines is 1. The normalized spacial score (nSPS) is 17.6. The summed E-state index contributed by atoms with van der Waals surface area (Å²) in [5.74, 6) is 0.999. The molecule has 1 aliphatic heterocycles. The lowest BCUT2D eigenvalue weighted by molar-refractivity contribution is 0.0991. The fourth-order valence-corrected chi connectivity index (χ4v) is 2.68. The Hall–Kier alpha value is -1.15. The van der Waals surface area contributed by atoms with Crippen molar-refractivity contribution in [3.05, 3.63) is 12.0 Å². The molecule has 0 saturated heterocycles. The zero-order valence-electron chi connectivity index (χ0n) is 12.5. The zero-order chi connectivity index (χ0) is 14.7. The van der Waals surface area contributed by atoms with Gasteiger partial charge in [0.1, 0.15) is 0 Å². The van der Waals surface area contributed by atoms with Gasteiger partial charge in [0.2, 0.25) is 0 Å². The van der Waals surface area contributed by atoms with Crippen molar-refractivity contribution < 1.29 is 10.2 Å². The Morgan fingerprint density at radius 2 is 2.20 bits per heavy atom. The van der Waals surface area contributed by atoms with Crippen LogP contribution in [0.2, 0.25) is 0 Å². The average Bonchev–Trinajstić information content (AvgIpc) is 2.72. The first-order valence-corrected chi connectivity index (χ1v) is 6.92. The van der Waals surface area contributed by atoms with E-state index in [1.807, 2.05) is 23.6 Å². The number of likely N-dealkylation sites (N-methyl/N-ethyl adjacent to an activating group) is 1. The minimum atomic E-state index is -0.470. The van der Waals surface area contributed by atoms with Crippen molar-refractivity contribution in [2.75, 3.05) is 52.4 Å². The van der Waals surface area contributed by atoms with Gasteiger partial charge >= 0.3 is 0 Å². The van der Waals surface area contributed by atoms with Crippen LogP contribution in [0.1, 0.15) is 5.69 Å². The number of nitrogens with zero attached hydrogens (tertiary/aromatic N) is 5. The first-order chi connectivity index (χ1) is 9.51. The molecule has 0 saturated carbocycles. The van der Waals surface area contributed by atoms with Gasteiger partial charge in [0.25, 0.3) is 0 Å². The first-order valence-electron chi connectivity index (χ1n) is 6.92. The predicted molar refractivity (Wildman–Crippen MR) is 77.6 cm³/mol. The van der Waals surface area contributed by atoms with Gasteiger partial charge in [0.15, 0.2) is 5.82 Å². The smallest absolute Gasteiger partial charge is 0.152 e. The van der Waals surface area contributed by atoms with Crippen LogP contribution in [-0.2, 0) is 13.1 Å². The van der Waals surface area contributed by atoms with Gasteiger partial charge in [-0.05, 0) is 14.1 Å². The Kier molecular flexibility index (Phi) is 4.98. The molecule has 0 amide bonds. The third-order valence-corrected chi connectivity index (χ3v) is 3.57. The van der Waals surface area contributed by atoms with Crippen LogP contribution >= 0.6 is 0 Å². The highest BCUT2D eigenvalue weighted by Gasteiger charge is 2.23. The summed E-state index contributed by atoms with van der Waals surface area (Å²) in [6.07, 6.45) is 1.33. The van der Waals surface area contributed by atoms with Gasteiger partial charge in [-0.15, -0.1) is 0 Å². The second-order valence-electron chi connectivity index (χ2n) is 5.66. The van der Waals surface area contributed by atoms with Crippen LogP contribution in [0.4, 0.5) is 5.82 Å². The van der Waals surface area contributed by atoms with Gasteiger partial charge in [-0.2, -0.15) is 0 Å². The third-order valence-electron chi connectivity index (χ3n) is 3.57. The molecule has 2 N–H and O–H groups in total. The number of imidazole rings is 1. The minimum Gasteiger partial charge on any atom is -0.395 e. The molecule has 2 heterocycles. The molecule has 0 radical (unpaired) electrons. The molecule has 2 rings (SSSR count). The third kappa shape index (κ3) is 3.49. The molecule has 1 aromatic heterocycles. The summed E-state index contributed by atoms with van der Waals surface area (Å²) in [5, 5.41) is 19.0. The largest absolute Gasteiger partial charge is 0.395 e. The van der Waals surface area contributed by atoms with Crippen molar-refractivity contribution in [3.63, 3.8) is 0 Å². The molecule has 1 aromatic rings. The summed E-state index contributed by atoms with van der Waals surface area (Å²) >= 11 is 0. The van der Waals surface area contributed by atoms with Gasteiger partial charge in [0, 0.05) is 26.7 Å². The SMILES string of the molecule is CN(CCO)CC(O)Cn1cnc2c1CN(C)CN2C. The predicted octanol–water partition coefficient (Wildman–Crippen LogP) is -0.993. The standard InChI is InChI=1S/C13H25N5O2/c1-15(4-5-19)6-11(20)7-18-9-14-13-12(18)8-16(2)10-17(13)3/h9,11,19-20H,4-8,10H2,1-3H3. The molecule has 0 aromatic carbocycles. The van der Waals surface area contributed by atoms with E-state index in [0.717, 1.165) is 24.7 Å². The molecule has 1 aliphatic rings. The zero-order valence-corrected chi connectivity index (χ0v) is 12.5. The monoisotopic (exact) mass is 283 g/mol. The Labute approximate surface area is 120 Å². The summed E-state index contributed by atoms with van der Waals surface area (Å²) in [6, 6.07) is 0. The van der Waals surface area contributed by atoms with Gasteiger partial charge in [-0.25, -0.2) is 4.98 Å². The molecular formula is C13H25N5O2. The number of aliphatic hydroxyl groups is 2. The van der Waals surface area contributed by atoms with E-state index in [2.05, 4.69) is 21.8 Å². The maximum Gasteiger partial charge on any atom is 0.152 e. The van der Waals surface area contributed by atoms with Crippen molar-refractivity contribution >= 4 is 5.82 Å². The Morgan fingerprint density at radius 1 is 1.45 bits per heavy atom. The molecule has 114 valence electrons. The number of rotatable bonds is 6. The summed E-state index contributed by atoms with van der Waals surface area (Å²) in [7, 11) is 5.99. The molecule has 0 bridgehead atoms. The van der Waals surface area contributed by atoms with Crippen LogP contribution < -0.4 is 4.90 Å². The summed E-state index contributed by atoms with van der Waals surface area (Å²) in [4.78, 5) is 10.7. The summed E-state index contributed by atoms with van der Waals surface area (Å²) in [5.41, 5.74) is 1.14. The Morgan fingerprint density at radius 3 is 2.90 bits per heavy atom. The van der Waals surface area contributed by atoms with Crippen LogP contribution in [0, 0.1) is 0 Å². The lowest BCUT2D eigenvalue weighted by Crippen LogP contribution is -2.39. The number of hydrogen-bond donors (Lipinski definition) is 2. The van der Waals surface area contributed by atoms with E-state index in [9.17, 15) is 5.11 Å². The number of hydrogen-bond acceptors (Lipinski definition) is 6. The maximum absolute atomic E-state index is 10.2. The van der Waals surface area contributed by atoms with Crippen LogP contribution in [0.25, 0.3) is 0 Å². The lowest BCUT2D eigenvalue weighted by Gasteiger charge is -2.31. The Balaban J connectivity index is 2.00. The Bertz CT molecular complexity index is 436. The average molecular weight is 283 g/mol. The van der Waals surface area contributed by atoms with E-state index in [1.165, 1.54) is 0 Å². The van der Waals surface area contributed by atoms with Crippen LogP contribution in [-0.4, -0.2) is 83.2 Å². The summed E-state index contributed by atoms with van der Waals surface area (Å²) in [6.45, 7) is 3.47. The van der Waals surface area contributed by atoms with E-state index >= 15 is 0 Å². The van der Waals surface area contributed by atoms with E-state index < -0.39 is 6.10 Å². The molecule has 1 atom stereocenters. The van der Waals surface area contributed by atoms with E-state index in [1.54, 1.807) is 6.33 Å². The van der Waals surface area contributed by atoms with E-state index in [4.69, 9.17) is 5.11 Å². The highest BCUT2D eigenvalue weighted by molar-refractivity contribution is 5.45. The van der Waals surface area contributed by atoms with Crippen molar-refractivity contribution in [1.82, 2.24) is 19.4 Å². The molecule has 1 unspecified atom stereocenters. The second-order valence-corrected chi connectivity index (χ2v) is 5.66. The van der Waals surface area contributed by atoms with Crippen molar-refractivity contribution in [3.8, 4) is 0 Å². The van der Waals surface area contributed by atoms with Crippen LogP contribution in [0.5, 0.6) is 0 Å². The lowest BCUT2D eigenvalue weighted by atomic mass is 10.3. The van der Waals surface area contributed by atoms with Crippen molar-refractivity contribution in [1.29, 1.82) is 0 Å². The first kappa shape index (κ1) is 15.2. The van der Waals surface area contributed by atoms with E-state index in [-0.39, 0.29) is 6.61 Å². The molecule has 7 nitrogen and oxygen atoms in total. The highest BCUT2D eigenvalue weighted by Crippen LogP contribution is 2.23. The van der Waals surface area contributed by atoms with E-state index in [0.29, 0.717) is 19.6 Å². The molecular weight excluding hydrogens is 258 g/mol. The van der Waals surface area contributed by atoms with Gasteiger partial charge < -0.3 is 24.6 Å². The molecule has 20 heavy (non-hydrogen) atoms. The fourth-order valence-electron chi connectivity index (χ4n) is 2.68. The minimum absolute atomic E-state index is 0.110. The molecule has 0 aliphatic carbocycles. The van der Waals surface area contributed by atoms with Gasteiger partial charge in [0.05, 0.1) is 37.9 Å². The van der Waals surface area contributed by atoms with Crippen LogP contribution in [0.15, 0.2) is 6.33 Å². The maximum atomic E-state index is 10.2. The number of aromatic nitrogens is 2. The quantitative estimate of drug-likeness (QED) is 0.698. The van der Waals surface area contributed by atoms with Crippen LogP contribution in [0.3, 0.4) is 0 Å². The second kappa shape index (κ2) is 6.53. The topological polar surface area (TPSA) is 68.0 Å². The summed E-state index contributed by atoms with van der Waals surface area (Å²) < 4.78 is 2.03. The van der Waals surface area contributed by atoms with Crippen molar-refractivity contribution in [2.45, 2.75) is 19.2 Å². The number of fused-ring (bicyclic) bond motifs is 1. The number of aliphatic hydroxyl groups excluding tert-OH is 2. The van der Waals surface area contributed by atoms with Gasteiger partial charge in [-0.3, -0.25) is 4.90 Å².